The molecule has 8 heteroatoms. The highest BCUT2D eigenvalue weighted by atomic mass is 35.5. The number of benzene rings is 3. The second-order valence-corrected chi connectivity index (χ2v) is 8.82. The van der Waals surface area contributed by atoms with Crippen molar-refractivity contribution in [3.05, 3.63) is 111 Å². The Morgan fingerprint density at radius 3 is 2.57 bits per heavy atom. The Kier molecular flexibility index (Phi) is 7.90. The van der Waals surface area contributed by atoms with Gasteiger partial charge < -0.3 is 14.6 Å². The standard InChI is InChI=1S/C27H21ClFNO4S/c1-2-33-27(32)24-25(31)23(35-26(24)30-19-9-4-3-5-10-19)15-17-12-13-22(20(28)14-17)34-16-18-8-6-7-11-21(18)29/h3-15,31H,2,16H2,1H3/b23-15-,30-26?. The molecule has 4 rings (SSSR count). The molecule has 3 aromatic rings. The fraction of sp³-hybridized carbons (Fsp3) is 0.111. The van der Waals surface area contributed by atoms with Crippen LogP contribution in [0.1, 0.15) is 18.1 Å². The number of halogens is 2. The van der Waals surface area contributed by atoms with Gasteiger partial charge in [0.2, 0.25) is 0 Å². The molecule has 0 fully saturated rings. The van der Waals surface area contributed by atoms with Gasteiger partial charge in [-0.2, -0.15) is 0 Å². The van der Waals surface area contributed by atoms with Crippen LogP contribution in [-0.4, -0.2) is 22.7 Å². The summed E-state index contributed by atoms with van der Waals surface area (Å²) in [6.45, 7) is 1.90. The van der Waals surface area contributed by atoms with Crippen molar-refractivity contribution in [2.45, 2.75) is 13.5 Å². The van der Waals surface area contributed by atoms with E-state index in [0.29, 0.717) is 37.5 Å². The van der Waals surface area contributed by atoms with E-state index in [4.69, 9.17) is 21.1 Å². The summed E-state index contributed by atoms with van der Waals surface area (Å²) < 4.78 is 24.6. The Hall–Kier alpha value is -3.55. The molecular weight excluding hydrogens is 489 g/mol. The van der Waals surface area contributed by atoms with Crippen molar-refractivity contribution < 1.29 is 23.8 Å². The minimum absolute atomic E-state index is 0.0166. The van der Waals surface area contributed by atoms with Gasteiger partial charge in [0.05, 0.1) is 22.2 Å². The quantitative estimate of drug-likeness (QED) is 0.340. The number of thioether (sulfide) groups is 1. The molecule has 1 aliphatic heterocycles. The van der Waals surface area contributed by atoms with Gasteiger partial charge in [-0.15, -0.1) is 0 Å². The van der Waals surface area contributed by atoms with E-state index >= 15 is 0 Å². The van der Waals surface area contributed by atoms with E-state index < -0.39 is 5.97 Å². The molecule has 0 aromatic heterocycles. The predicted octanol–water partition coefficient (Wildman–Crippen LogP) is 7.25. The molecule has 0 spiro atoms. The lowest BCUT2D eigenvalue weighted by Gasteiger charge is -2.09. The number of carbonyl (C=O) groups excluding carboxylic acids is 1. The minimum Gasteiger partial charge on any atom is -0.506 e. The zero-order valence-corrected chi connectivity index (χ0v) is 20.3. The minimum atomic E-state index is -0.648. The summed E-state index contributed by atoms with van der Waals surface area (Å²) in [6.07, 6.45) is 1.69. The van der Waals surface area contributed by atoms with Gasteiger partial charge in [0, 0.05) is 5.56 Å². The molecule has 3 aromatic carbocycles. The van der Waals surface area contributed by atoms with Crippen LogP contribution in [-0.2, 0) is 16.1 Å². The monoisotopic (exact) mass is 509 g/mol. The van der Waals surface area contributed by atoms with Crippen LogP contribution in [0, 0.1) is 5.82 Å². The number of esters is 1. The number of aliphatic imine (C=N–C) groups is 1. The zero-order chi connectivity index (χ0) is 24.8. The number of carbonyl (C=O) groups is 1. The molecule has 0 saturated carbocycles. The Balaban J connectivity index is 1.59. The van der Waals surface area contributed by atoms with Gasteiger partial charge in [-0.1, -0.05) is 65.8 Å². The van der Waals surface area contributed by atoms with Gasteiger partial charge in [-0.05, 0) is 48.9 Å². The molecular formula is C27H21ClFNO4S. The molecule has 1 heterocycles. The third-order valence-electron chi connectivity index (χ3n) is 4.95. The number of ether oxygens (including phenoxy) is 2. The number of hydrogen-bond donors (Lipinski definition) is 1. The van der Waals surface area contributed by atoms with Crippen molar-refractivity contribution in [3.8, 4) is 5.75 Å². The van der Waals surface area contributed by atoms with Crippen LogP contribution in [0.15, 0.2) is 94.0 Å². The van der Waals surface area contributed by atoms with Gasteiger partial charge in [0.25, 0.3) is 0 Å². The number of hydrogen-bond acceptors (Lipinski definition) is 6. The average molecular weight is 510 g/mol. The predicted molar refractivity (Wildman–Crippen MR) is 138 cm³/mol. The van der Waals surface area contributed by atoms with E-state index in [1.807, 2.05) is 18.2 Å². The van der Waals surface area contributed by atoms with Gasteiger partial charge in [0.15, 0.2) is 0 Å². The third kappa shape index (κ3) is 5.93. The van der Waals surface area contributed by atoms with Crippen molar-refractivity contribution in [1.82, 2.24) is 0 Å². The number of rotatable bonds is 7. The third-order valence-corrected chi connectivity index (χ3v) is 6.27. The number of aliphatic hydroxyl groups excluding tert-OH is 1. The summed E-state index contributed by atoms with van der Waals surface area (Å²) in [5.74, 6) is -0.810. The SMILES string of the molecule is CCOC(=O)C1=C(O)/C(=C/c2ccc(OCc3ccccc3F)c(Cl)c2)SC1=Nc1ccccc1. The van der Waals surface area contributed by atoms with Crippen LogP contribution in [0.25, 0.3) is 6.08 Å². The lowest BCUT2D eigenvalue weighted by Crippen LogP contribution is -2.12. The van der Waals surface area contributed by atoms with Crippen LogP contribution >= 0.6 is 23.4 Å². The van der Waals surface area contributed by atoms with E-state index in [-0.39, 0.29) is 30.4 Å². The number of nitrogens with zero attached hydrogens (tertiary/aromatic N) is 1. The Morgan fingerprint density at radius 2 is 1.86 bits per heavy atom. The summed E-state index contributed by atoms with van der Waals surface area (Å²) in [5, 5.41) is 11.5. The summed E-state index contributed by atoms with van der Waals surface area (Å²) in [6, 6.07) is 20.6. The van der Waals surface area contributed by atoms with Crippen molar-refractivity contribution >= 4 is 46.1 Å². The van der Waals surface area contributed by atoms with Crippen molar-refractivity contribution in [2.24, 2.45) is 4.99 Å². The van der Waals surface area contributed by atoms with E-state index in [1.165, 1.54) is 6.07 Å². The second-order valence-electron chi connectivity index (χ2n) is 7.38. The fourth-order valence-corrected chi connectivity index (χ4v) is 4.54. The topological polar surface area (TPSA) is 68.1 Å². The number of para-hydroxylation sites is 1. The molecule has 0 radical (unpaired) electrons. The maximum absolute atomic E-state index is 13.8. The highest BCUT2D eigenvalue weighted by molar-refractivity contribution is 8.18. The first kappa shape index (κ1) is 24.6. The Bertz CT molecular complexity index is 1340. The van der Waals surface area contributed by atoms with Crippen molar-refractivity contribution in [2.75, 3.05) is 6.61 Å². The van der Waals surface area contributed by atoms with Crippen LogP contribution < -0.4 is 4.74 Å². The zero-order valence-electron chi connectivity index (χ0n) is 18.7. The second kappa shape index (κ2) is 11.3. The Morgan fingerprint density at radius 1 is 1.11 bits per heavy atom. The largest absolute Gasteiger partial charge is 0.506 e. The lowest BCUT2D eigenvalue weighted by molar-refractivity contribution is -0.138. The van der Waals surface area contributed by atoms with Crippen LogP contribution in [0.4, 0.5) is 10.1 Å². The maximum Gasteiger partial charge on any atom is 0.344 e. The molecule has 0 aliphatic carbocycles. The van der Waals surface area contributed by atoms with Gasteiger partial charge in [-0.25, -0.2) is 14.2 Å². The van der Waals surface area contributed by atoms with Crippen molar-refractivity contribution in [1.29, 1.82) is 0 Å². The summed E-state index contributed by atoms with van der Waals surface area (Å²) in [4.78, 5) is 17.5. The first-order valence-corrected chi connectivity index (χ1v) is 12.0. The molecule has 1 aliphatic rings. The molecule has 0 bridgehead atoms. The molecule has 0 amide bonds. The van der Waals surface area contributed by atoms with Gasteiger partial charge in [-0.3, -0.25) is 0 Å². The average Bonchev–Trinajstić information content (AvgIpc) is 3.14. The molecule has 0 atom stereocenters. The summed E-state index contributed by atoms with van der Waals surface area (Å²) >= 11 is 7.55. The molecule has 35 heavy (non-hydrogen) atoms. The van der Waals surface area contributed by atoms with E-state index in [1.54, 1.807) is 61.5 Å². The van der Waals surface area contributed by atoms with E-state index in [0.717, 1.165) is 11.8 Å². The smallest absolute Gasteiger partial charge is 0.344 e. The summed E-state index contributed by atoms with van der Waals surface area (Å²) in [7, 11) is 0. The normalized spacial score (nSPS) is 15.6. The first-order chi connectivity index (χ1) is 17.0. The molecule has 0 saturated heterocycles. The Labute approximate surface area is 211 Å². The lowest BCUT2D eigenvalue weighted by atomic mass is 10.1. The molecule has 5 nitrogen and oxygen atoms in total. The van der Waals surface area contributed by atoms with Crippen LogP contribution in [0.5, 0.6) is 5.75 Å². The van der Waals surface area contributed by atoms with Crippen LogP contribution in [0.3, 0.4) is 0 Å². The highest BCUT2D eigenvalue weighted by Crippen LogP contribution is 2.40. The summed E-state index contributed by atoms with van der Waals surface area (Å²) in [5.41, 5.74) is 1.75. The molecule has 178 valence electrons. The first-order valence-electron chi connectivity index (χ1n) is 10.8. The van der Waals surface area contributed by atoms with E-state index in [9.17, 15) is 14.3 Å². The van der Waals surface area contributed by atoms with Crippen LogP contribution in [0.2, 0.25) is 5.02 Å². The van der Waals surface area contributed by atoms with Gasteiger partial charge >= 0.3 is 5.97 Å². The number of aliphatic hydroxyl groups is 1. The van der Waals surface area contributed by atoms with Crippen molar-refractivity contribution in [3.63, 3.8) is 0 Å². The molecule has 1 N–H and O–H groups in total. The van der Waals surface area contributed by atoms with Gasteiger partial charge in [0.1, 0.15) is 34.5 Å². The highest BCUT2D eigenvalue weighted by Gasteiger charge is 2.33. The van der Waals surface area contributed by atoms with E-state index in [2.05, 4.69) is 4.99 Å². The maximum atomic E-state index is 13.8. The fourth-order valence-electron chi connectivity index (χ4n) is 3.26. The molecule has 0 unspecified atom stereocenters.